The molecule has 0 aromatic rings. The number of hydrogen-bond donors (Lipinski definition) is 0. The van der Waals surface area contributed by atoms with Crippen LogP contribution in [0.3, 0.4) is 0 Å². The number of rotatable bonds is 4. The maximum Gasteiger partial charge on any atom is 0.286 e. The fourth-order valence-electron chi connectivity index (χ4n) is 0.470. The zero-order chi connectivity index (χ0) is 6.24. The highest BCUT2D eigenvalue weighted by Crippen LogP contribution is 1.92. The molecule has 0 aliphatic heterocycles. The Morgan fingerprint density at radius 3 is 2.75 bits per heavy atom. The molecule has 0 bridgehead atoms. The molecule has 0 saturated carbocycles. The van der Waals surface area contributed by atoms with Gasteiger partial charge in [0.15, 0.2) is 0 Å². The van der Waals surface area contributed by atoms with Crippen LogP contribution < -0.4 is 0 Å². The first-order chi connectivity index (χ1) is 3.91. The normalized spacial score (nSPS) is 8.00. The van der Waals surface area contributed by atoms with E-state index in [0.717, 1.165) is 12.8 Å². The van der Waals surface area contributed by atoms with Crippen molar-refractivity contribution in [3.8, 4) is 6.26 Å². The van der Waals surface area contributed by atoms with Gasteiger partial charge in [-0.2, -0.15) is 5.26 Å². The molecule has 0 radical (unpaired) electrons. The van der Waals surface area contributed by atoms with E-state index in [9.17, 15) is 0 Å². The third kappa shape index (κ3) is 5.29. The molecular weight excluding hydrogens is 102 g/mol. The Kier molecular flexibility index (Phi) is 5.73. The largest absolute Gasteiger partial charge is 0.428 e. The number of nitrogens with zero attached hydrogens (tertiary/aromatic N) is 1. The minimum Gasteiger partial charge on any atom is -0.428 e. The summed E-state index contributed by atoms with van der Waals surface area (Å²) in [5.74, 6) is 0. The Labute approximate surface area is 50.1 Å². The van der Waals surface area contributed by atoms with Crippen molar-refractivity contribution in [2.24, 2.45) is 0 Å². The van der Waals surface area contributed by atoms with E-state index in [4.69, 9.17) is 5.26 Å². The summed E-state index contributed by atoms with van der Waals surface area (Å²) in [6, 6.07) is 0. The summed E-state index contributed by atoms with van der Waals surface area (Å²) in [6.07, 6.45) is 4.96. The molecule has 0 amide bonds. The van der Waals surface area contributed by atoms with Gasteiger partial charge in [-0.15, -0.1) is 0 Å². The Bertz CT molecular complexity index is 75.1. The first kappa shape index (κ1) is 7.29. The number of nitriles is 1. The fraction of sp³-hybridized carbons (Fsp3) is 0.833. The monoisotopic (exact) mass is 113 g/mol. The van der Waals surface area contributed by atoms with Gasteiger partial charge < -0.3 is 4.74 Å². The van der Waals surface area contributed by atoms with E-state index < -0.39 is 0 Å². The minimum absolute atomic E-state index is 0.588. The molecule has 0 heterocycles. The van der Waals surface area contributed by atoms with E-state index >= 15 is 0 Å². The zero-order valence-corrected chi connectivity index (χ0v) is 5.18. The summed E-state index contributed by atoms with van der Waals surface area (Å²) in [5, 5.41) is 7.89. The van der Waals surface area contributed by atoms with E-state index in [0.29, 0.717) is 6.61 Å². The minimum atomic E-state index is 0.588. The van der Waals surface area contributed by atoms with Crippen molar-refractivity contribution < 1.29 is 4.74 Å². The molecule has 0 rings (SSSR count). The lowest BCUT2D eigenvalue weighted by molar-refractivity contribution is 0.261. The SMILES string of the molecule is CCCCCOC#N. The second-order valence-electron chi connectivity index (χ2n) is 1.65. The van der Waals surface area contributed by atoms with E-state index in [2.05, 4.69) is 11.7 Å². The molecule has 2 heteroatoms. The number of hydrogen-bond acceptors (Lipinski definition) is 2. The van der Waals surface area contributed by atoms with E-state index in [-0.39, 0.29) is 0 Å². The van der Waals surface area contributed by atoms with Crippen molar-refractivity contribution >= 4 is 0 Å². The number of ether oxygens (including phenoxy) is 1. The predicted molar refractivity (Wildman–Crippen MR) is 31.1 cm³/mol. The Hall–Kier alpha value is -0.710. The number of unbranched alkanes of at least 4 members (excludes halogenated alkanes) is 2. The van der Waals surface area contributed by atoms with Gasteiger partial charge >= 0.3 is 0 Å². The highest BCUT2D eigenvalue weighted by Gasteiger charge is 1.82. The van der Waals surface area contributed by atoms with Crippen LogP contribution in [0.2, 0.25) is 0 Å². The summed E-state index contributed by atoms with van der Waals surface area (Å²) in [4.78, 5) is 0. The second-order valence-corrected chi connectivity index (χ2v) is 1.65. The molecular formula is C6H11NO. The lowest BCUT2D eigenvalue weighted by Gasteiger charge is -1.91. The van der Waals surface area contributed by atoms with Crippen molar-refractivity contribution in [1.82, 2.24) is 0 Å². The molecule has 8 heavy (non-hydrogen) atoms. The molecule has 0 fully saturated rings. The van der Waals surface area contributed by atoms with Crippen LogP contribution in [-0.2, 0) is 4.74 Å². The van der Waals surface area contributed by atoms with Crippen molar-refractivity contribution in [2.75, 3.05) is 6.61 Å². The van der Waals surface area contributed by atoms with Gasteiger partial charge in [-0.3, -0.25) is 0 Å². The third-order valence-corrected chi connectivity index (χ3v) is 0.915. The van der Waals surface area contributed by atoms with Crippen LogP contribution in [0.1, 0.15) is 26.2 Å². The Morgan fingerprint density at radius 2 is 2.25 bits per heavy atom. The zero-order valence-electron chi connectivity index (χ0n) is 5.18. The molecule has 0 atom stereocenters. The van der Waals surface area contributed by atoms with Gasteiger partial charge in [0, 0.05) is 0 Å². The van der Waals surface area contributed by atoms with Crippen LogP contribution in [0.4, 0.5) is 0 Å². The van der Waals surface area contributed by atoms with Crippen LogP contribution >= 0.6 is 0 Å². The lowest BCUT2D eigenvalue weighted by atomic mass is 10.3. The van der Waals surface area contributed by atoms with Crippen molar-refractivity contribution in [2.45, 2.75) is 26.2 Å². The van der Waals surface area contributed by atoms with Crippen molar-refractivity contribution in [3.05, 3.63) is 0 Å². The van der Waals surface area contributed by atoms with Gasteiger partial charge in [0.1, 0.15) is 6.61 Å². The van der Waals surface area contributed by atoms with Crippen molar-refractivity contribution in [1.29, 1.82) is 5.26 Å². The van der Waals surface area contributed by atoms with E-state index in [1.54, 1.807) is 6.26 Å². The summed E-state index contributed by atoms with van der Waals surface area (Å²) in [5.41, 5.74) is 0. The third-order valence-electron chi connectivity index (χ3n) is 0.915. The molecule has 0 aliphatic carbocycles. The van der Waals surface area contributed by atoms with Crippen LogP contribution in [-0.4, -0.2) is 6.61 Å². The van der Waals surface area contributed by atoms with E-state index in [1.807, 2.05) is 0 Å². The first-order valence-corrected chi connectivity index (χ1v) is 2.92. The van der Waals surface area contributed by atoms with Gasteiger partial charge in [-0.1, -0.05) is 19.8 Å². The molecule has 46 valence electrons. The molecule has 2 nitrogen and oxygen atoms in total. The average Bonchev–Trinajstić information content (AvgIpc) is 1.81. The van der Waals surface area contributed by atoms with Crippen LogP contribution in [0.5, 0.6) is 0 Å². The maximum atomic E-state index is 7.89. The molecule has 0 aromatic carbocycles. The lowest BCUT2D eigenvalue weighted by Crippen LogP contribution is -1.85. The first-order valence-electron chi connectivity index (χ1n) is 2.92. The quantitative estimate of drug-likeness (QED) is 0.410. The fourth-order valence-corrected chi connectivity index (χ4v) is 0.470. The Balaban J connectivity index is 2.65. The smallest absolute Gasteiger partial charge is 0.286 e. The van der Waals surface area contributed by atoms with Gasteiger partial charge in [0.25, 0.3) is 6.26 Å². The van der Waals surface area contributed by atoms with Gasteiger partial charge in [0.2, 0.25) is 0 Å². The second kappa shape index (κ2) is 6.29. The Morgan fingerprint density at radius 1 is 1.50 bits per heavy atom. The molecule has 0 aliphatic rings. The van der Waals surface area contributed by atoms with Gasteiger partial charge in [-0.05, 0) is 6.42 Å². The van der Waals surface area contributed by atoms with Gasteiger partial charge in [-0.25, -0.2) is 0 Å². The van der Waals surface area contributed by atoms with E-state index in [1.165, 1.54) is 6.42 Å². The highest BCUT2D eigenvalue weighted by atomic mass is 16.5. The topological polar surface area (TPSA) is 33.0 Å². The summed E-state index contributed by atoms with van der Waals surface area (Å²) in [6.45, 7) is 2.71. The molecule has 0 unspecified atom stereocenters. The molecule has 0 N–H and O–H groups in total. The molecule has 0 spiro atoms. The molecule has 0 saturated heterocycles. The standard InChI is InChI=1S/C6H11NO/c1-2-3-4-5-8-6-7/h2-5H2,1H3. The molecule has 0 aromatic heterocycles. The van der Waals surface area contributed by atoms with Crippen LogP contribution in [0, 0.1) is 11.5 Å². The average molecular weight is 113 g/mol. The summed E-state index contributed by atoms with van der Waals surface area (Å²) < 4.78 is 4.44. The summed E-state index contributed by atoms with van der Waals surface area (Å²) >= 11 is 0. The van der Waals surface area contributed by atoms with Gasteiger partial charge in [0.05, 0.1) is 0 Å². The van der Waals surface area contributed by atoms with Crippen LogP contribution in [0.25, 0.3) is 0 Å². The van der Waals surface area contributed by atoms with Crippen LogP contribution in [0.15, 0.2) is 0 Å². The van der Waals surface area contributed by atoms with Crippen molar-refractivity contribution in [3.63, 3.8) is 0 Å². The summed E-state index contributed by atoms with van der Waals surface area (Å²) in [7, 11) is 0. The predicted octanol–water partition coefficient (Wildman–Crippen LogP) is 1.67. The maximum absolute atomic E-state index is 7.89. The highest BCUT2D eigenvalue weighted by molar-refractivity contribution is 4.47.